The Morgan fingerprint density at radius 1 is 1.03 bits per heavy atom. The number of anilines is 2. The van der Waals surface area contributed by atoms with Gasteiger partial charge in [-0.25, -0.2) is 14.8 Å². The first-order chi connectivity index (χ1) is 18.8. The third-order valence-electron chi connectivity index (χ3n) is 6.10. The van der Waals surface area contributed by atoms with E-state index < -0.39 is 12.1 Å². The molecule has 0 amide bonds. The first-order valence-corrected chi connectivity index (χ1v) is 12.3. The second-order valence-electron chi connectivity index (χ2n) is 8.75. The Morgan fingerprint density at radius 3 is 2.41 bits per heavy atom. The minimum Gasteiger partial charge on any atom is -0.475 e. The zero-order chi connectivity index (χ0) is 27.8. The maximum absolute atomic E-state index is 10.6. The number of alkyl halides is 3. The number of nitrogens with zero attached hydrogens (tertiary/aromatic N) is 6. The van der Waals surface area contributed by atoms with Gasteiger partial charge in [-0.15, -0.1) is 0 Å². The van der Waals surface area contributed by atoms with Crippen LogP contribution in [0, 0.1) is 11.3 Å². The predicted molar refractivity (Wildman–Crippen MR) is 136 cm³/mol. The number of rotatable bonds is 4. The molecule has 2 aliphatic heterocycles. The first-order valence-electron chi connectivity index (χ1n) is 12.3. The van der Waals surface area contributed by atoms with Crippen LogP contribution in [0.25, 0.3) is 22.5 Å². The van der Waals surface area contributed by atoms with Crippen molar-refractivity contribution < 1.29 is 27.8 Å². The topological polar surface area (TPSA) is 143 Å². The zero-order valence-corrected chi connectivity index (χ0v) is 20.9. The molecule has 5 heterocycles. The molecule has 0 aromatic carbocycles. The molecule has 3 N–H and O–H groups in total. The van der Waals surface area contributed by atoms with Crippen LogP contribution >= 0.6 is 0 Å². The summed E-state index contributed by atoms with van der Waals surface area (Å²) in [4.78, 5) is 30.4. The van der Waals surface area contributed by atoms with E-state index in [4.69, 9.17) is 14.6 Å². The fourth-order valence-electron chi connectivity index (χ4n) is 4.14. The number of hydrogen-bond donors (Lipinski definition) is 3. The van der Waals surface area contributed by atoms with E-state index in [1.54, 1.807) is 6.20 Å². The molecule has 0 radical (unpaired) electrons. The van der Waals surface area contributed by atoms with E-state index in [-0.39, 0.29) is 0 Å². The number of carbonyl (C=O) groups is 1. The summed E-state index contributed by atoms with van der Waals surface area (Å²) in [5, 5.41) is 20.1. The zero-order valence-electron chi connectivity index (χ0n) is 20.9. The Kier molecular flexibility index (Phi) is 8.95. The van der Waals surface area contributed by atoms with Crippen molar-refractivity contribution >= 4 is 17.7 Å². The Morgan fingerprint density at radius 2 is 1.74 bits per heavy atom. The van der Waals surface area contributed by atoms with E-state index in [1.165, 1.54) is 0 Å². The molecule has 0 saturated carbocycles. The average molecular weight is 545 g/mol. The summed E-state index contributed by atoms with van der Waals surface area (Å²) in [5.74, 6) is -1.15. The Labute approximate surface area is 222 Å². The molecule has 0 bridgehead atoms. The number of carboxylic acid groups (broad SMARTS) is 1. The van der Waals surface area contributed by atoms with E-state index in [0.29, 0.717) is 12.2 Å². The molecule has 3 aromatic rings. The van der Waals surface area contributed by atoms with Crippen LogP contribution in [0.3, 0.4) is 0 Å². The van der Waals surface area contributed by atoms with Crippen molar-refractivity contribution in [2.45, 2.75) is 12.6 Å². The van der Waals surface area contributed by atoms with Gasteiger partial charge in [-0.1, -0.05) is 0 Å². The van der Waals surface area contributed by atoms with Crippen molar-refractivity contribution in [2.75, 3.05) is 62.3 Å². The Balaban J connectivity index is 0.000000448. The van der Waals surface area contributed by atoms with Gasteiger partial charge in [-0.3, -0.25) is 4.98 Å². The van der Waals surface area contributed by atoms with Gasteiger partial charge in [0, 0.05) is 81.3 Å². The predicted octanol–water partition coefficient (Wildman–Crippen LogP) is 2.67. The normalized spacial score (nSPS) is 16.1. The minimum absolute atomic E-state index is 0.661. The number of nitrogens with one attached hydrogen (secondary N) is 2. The van der Waals surface area contributed by atoms with Crippen LogP contribution in [0.2, 0.25) is 0 Å². The number of hydrogen-bond acceptors (Lipinski definition) is 9. The van der Waals surface area contributed by atoms with Crippen LogP contribution in [0.1, 0.15) is 12.0 Å². The summed E-state index contributed by atoms with van der Waals surface area (Å²) in [6.45, 7) is 6.77. The van der Waals surface area contributed by atoms with Crippen LogP contribution in [0.5, 0.6) is 0 Å². The molecule has 206 valence electrons. The third kappa shape index (κ3) is 7.21. The van der Waals surface area contributed by atoms with E-state index in [1.807, 2.05) is 30.6 Å². The molecule has 0 aliphatic carbocycles. The van der Waals surface area contributed by atoms with E-state index >= 15 is 0 Å². The quantitative estimate of drug-likeness (QED) is 0.449. The van der Waals surface area contributed by atoms with E-state index in [9.17, 15) is 18.4 Å². The molecule has 14 heteroatoms. The number of piperazine rings is 1. The molecule has 3 aromatic heterocycles. The van der Waals surface area contributed by atoms with Gasteiger partial charge in [-0.05, 0) is 24.6 Å². The number of aromatic nitrogens is 4. The number of nitriles is 1. The van der Waals surface area contributed by atoms with Gasteiger partial charge >= 0.3 is 12.1 Å². The van der Waals surface area contributed by atoms with Crippen LogP contribution in [-0.4, -0.2) is 89.7 Å². The van der Waals surface area contributed by atoms with Crippen LogP contribution in [0.4, 0.5) is 24.9 Å². The summed E-state index contributed by atoms with van der Waals surface area (Å²) in [6.07, 6.45) is 1.32. The second-order valence-corrected chi connectivity index (χ2v) is 8.75. The average Bonchev–Trinajstić information content (AvgIpc) is 3.20. The fraction of sp³-hybridized carbons (Fsp3) is 0.400. The molecule has 11 nitrogen and oxygen atoms in total. The second kappa shape index (κ2) is 12.5. The molecular weight excluding hydrogens is 517 g/mol. The SMILES string of the molecule is N#Cc1cc(-c2ccnc(-c3cnc(N4CCCOCC4)nc3)c2)[nH]c1N1CCNCC1.O=C(O)C(F)(F)F. The van der Waals surface area contributed by atoms with Gasteiger partial charge in [0.15, 0.2) is 0 Å². The molecule has 2 fully saturated rings. The highest BCUT2D eigenvalue weighted by Gasteiger charge is 2.38. The fourth-order valence-corrected chi connectivity index (χ4v) is 4.14. The number of halogens is 3. The summed E-state index contributed by atoms with van der Waals surface area (Å²) >= 11 is 0. The molecule has 0 atom stereocenters. The maximum atomic E-state index is 10.6. The van der Waals surface area contributed by atoms with Gasteiger partial charge in [0.1, 0.15) is 11.9 Å². The third-order valence-corrected chi connectivity index (χ3v) is 6.10. The lowest BCUT2D eigenvalue weighted by atomic mass is 10.1. The van der Waals surface area contributed by atoms with Gasteiger partial charge in [0.05, 0.1) is 17.9 Å². The van der Waals surface area contributed by atoms with Gasteiger partial charge in [0.2, 0.25) is 5.95 Å². The molecule has 2 aliphatic rings. The lowest BCUT2D eigenvalue weighted by Crippen LogP contribution is -2.44. The summed E-state index contributed by atoms with van der Waals surface area (Å²) in [7, 11) is 0. The molecule has 5 rings (SSSR count). The number of carboxylic acids is 1. The van der Waals surface area contributed by atoms with E-state index in [2.05, 4.69) is 41.1 Å². The van der Waals surface area contributed by atoms with Crippen LogP contribution in [0.15, 0.2) is 36.8 Å². The number of pyridine rings is 1. The highest BCUT2D eigenvalue weighted by molar-refractivity contribution is 5.73. The van der Waals surface area contributed by atoms with Crippen LogP contribution < -0.4 is 15.1 Å². The first kappa shape index (κ1) is 27.8. The summed E-state index contributed by atoms with van der Waals surface area (Å²) < 4.78 is 37.3. The molecular formula is C25H27F3N8O3. The van der Waals surface area contributed by atoms with Crippen LogP contribution in [-0.2, 0) is 9.53 Å². The monoisotopic (exact) mass is 544 g/mol. The largest absolute Gasteiger partial charge is 0.490 e. The van der Waals surface area contributed by atoms with Crippen molar-refractivity contribution in [3.63, 3.8) is 0 Å². The number of ether oxygens (including phenoxy) is 1. The number of aliphatic carboxylic acids is 1. The standard InChI is InChI=1S/C23H26N8O.C2HF3O2/c24-14-18-13-21(29-22(18)30-7-4-25-5-8-30)17-2-3-26-20(12-17)19-15-27-23(28-16-19)31-6-1-10-32-11-9-31;3-2(4,5)1(6)7/h2-3,12-13,15-16,25,29H,1,4-11H2;(H,6,7). The maximum Gasteiger partial charge on any atom is 0.490 e. The van der Waals surface area contributed by atoms with Gasteiger partial charge in [0.25, 0.3) is 0 Å². The molecule has 39 heavy (non-hydrogen) atoms. The number of aromatic amines is 1. The molecule has 2 saturated heterocycles. The number of H-pyrrole nitrogens is 1. The van der Waals surface area contributed by atoms with Crippen molar-refractivity contribution in [3.8, 4) is 28.6 Å². The highest BCUT2D eigenvalue weighted by Crippen LogP contribution is 2.29. The molecule has 0 spiro atoms. The van der Waals surface area contributed by atoms with Crippen molar-refractivity contribution in [1.82, 2.24) is 25.3 Å². The summed E-state index contributed by atoms with van der Waals surface area (Å²) in [5.41, 5.74) is 4.19. The van der Waals surface area contributed by atoms with Crippen molar-refractivity contribution in [3.05, 3.63) is 42.4 Å². The minimum atomic E-state index is -5.08. The molecule has 0 unspecified atom stereocenters. The van der Waals surface area contributed by atoms with Crippen molar-refractivity contribution in [2.24, 2.45) is 0 Å². The van der Waals surface area contributed by atoms with Crippen molar-refractivity contribution in [1.29, 1.82) is 5.26 Å². The Bertz CT molecular complexity index is 1290. The highest BCUT2D eigenvalue weighted by atomic mass is 19.4. The lowest BCUT2D eigenvalue weighted by molar-refractivity contribution is -0.192. The lowest BCUT2D eigenvalue weighted by Gasteiger charge is -2.28. The summed E-state index contributed by atoms with van der Waals surface area (Å²) in [6, 6.07) is 8.20. The van der Waals surface area contributed by atoms with Gasteiger partial charge in [-0.2, -0.15) is 18.4 Å². The van der Waals surface area contributed by atoms with E-state index in [0.717, 1.165) is 86.6 Å². The smallest absolute Gasteiger partial charge is 0.475 e. The Hall–Kier alpha value is -4.22. The van der Waals surface area contributed by atoms with Gasteiger partial charge < -0.3 is 29.9 Å².